The third kappa shape index (κ3) is 6.29. The number of alkyl carbamates (subject to hydrolysis) is 1. The third-order valence-corrected chi connectivity index (χ3v) is 3.25. The number of carbonyl (C=O) groups is 2. The molecular weight excluding hydrogens is 379 g/mol. The van der Waals surface area contributed by atoms with Gasteiger partial charge >= 0.3 is 18.2 Å². The second-order valence-corrected chi connectivity index (χ2v) is 6.75. The lowest BCUT2D eigenvalue weighted by Gasteiger charge is -2.19. The summed E-state index contributed by atoms with van der Waals surface area (Å²) in [5.74, 6) is -0.631. The number of carbonyl (C=O) groups excluding carboxylic acids is 2. The van der Waals surface area contributed by atoms with Gasteiger partial charge in [-0.25, -0.2) is 14.3 Å². The zero-order valence-corrected chi connectivity index (χ0v) is 15.5. The smallest absolute Gasteiger partial charge is 0.435 e. The van der Waals surface area contributed by atoms with Crippen molar-refractivity contribution in [2.75, 3.05) is 13.2 Å². The largest absolute Gasteiger partial charge is 0.460 e. The van der Waals surface area contributed by atoms with Crippen molar-refractivity contribution in [1.82, 2.24) is 15.1 Å². The van der Waals surface area contributed by atoms with E-state index in [0.717, 1.165) is 10.7 Å². The first-order chi connectivity index (χ1) is 13.0. The van der Waals surface area contributed by atoms with Crippen molar-refractivity contribution >= 4 is 12.1 Å². The van der Waals surface area contributed by atoms with Gasteiger partial charge in [0.15, 0.2) is 5.69 Å². The van der Waals surface area contributed by atoms with E-state index in [9.17, 15) is 22.8 Å². The lowest BCUT2D eigenvalue weighted by molar-refractivity contribution is -0.141. The second kappa shape index (κ2) is 8.32. The maximum Gasteiger partial charge on any atom is 0.435 e. The number of nitrogens with zero attached hydrogens (tertiary/aromatic N) is 2. The van der Waals surface area contributed by atoms with Crippen molar-refractivity contribution in [3.8, 4) is 5.69 Å². The summed E-state index contributed by atoms with van der Waals surface area (Å²) < 4.78 is 48.9. The highest BCUT2D eigenvalue weighted by Gasteiger charge is 2.33. The summed E-state index contributed by atoms with van der Waals surface area (Å²) in [5, 5.41) is 5.90. The van der Waals surface area contributed by atoms with Gasteiger partial charge in [0.05, 0.1) is 17.8 Å². The molecule has 2 aromatic rings. The van der Waals surface area contributed by atoms with Crippen molar-refractivity contribution in [2.24, 2.45) is 0 Å². The molecule has 1 N–H and O–H groups in total. The van der Waals surface area contributed by atoms with Crippen LogP contribution in [0.4, 0.5) is 18.0 Å². The Morgan fingerprint density at radius 2 is 1.75 bits per heavy atom. The highest BCUT2D eigenvalue weighted by atomic mass is 19.4. The fourth-order valence-electron chi connectivity index (χ4n) is 2.06. The van der Waals surface area contributed by atoms with Crippen LogP contribution in [0.1, 0.15) is 36.8 Å². The Bertz CT molecular complexity index is 824. The van der Waals surface area contributed by atoms with E-state index in [-0.39, 0.29) is 18.7 Å². The van der Waals surface area contributed by atoms with E-state index in [2.05, 4.69) is 10.4 Å². The van der Waals surface area contributed by atoms with Crippen LogP contribution in [-0.4, -0.2) is 40.6 Å². The molecule has 0 unspecified atom stereocenters. The zero-order valence-electron chi connectivity index (χ0n) is 15.5. The normalized spacial score (nSPS) is 11.8. The van der Waals surface area contributed by atoms with Crippen LogP contribution in [0.25, 0.3) is 5.69 Å². The summed E-state index contributed by atoms with van der Waals surface area (Å²) in [5.41, 5.74) is -1.06. The summed E-state index contributed by atoms with van der Waals surface area (Å²) in [7, 11) is 0. The second-order valence-electron chi connectivity index (χ2n) is 6.75. The number of rotatable bonds is 5. The maximum atomic E-state index is 12.6. The molecule has 2 rings (SSSR count). The molecule has 0 aliphatic carbocycles. The quantitative estimate of drug-likeness (QED) is 0.614. The van der Waals surface area contributed by atoms with Crippen LogP contribution in [0, 0.1) is 0 Å². The number of nitrogens with one attached hydrogen (secondary N) is 1. The number of aromatic nitrogens is 2. The summed E-state index contributed by atoms with van der Waals surface area (Å²) in [6.45, 7) is 5.19. The molecule has 10 heteroatoms. The van der Waals surface area contributed by atoms with Crippen LogP contribution >= 0.6 is 0 Å². The van der Waals surface area contributed by atoms with E-state index in [0.29, 0.717) is 5.69 Å². The highest BCUT2D eigenvalue weighted by molar-refractivity contribution is 5.89. The van der Waals surface area contributed by atoms with Gasteiger partial charge in [0, 0.05) is 6.20 Å². The summed E-state index contributed by atoms with van der Waals surface area (Å²) in [4.78, 5) is 23.4. The molecule has 0 atom stereocenters. The van der Waals surface area contributed by atoms with Gasteiger partial charge < -0.3 is 14.8 Å². The number of amides is 1. The van der Waals surface area contributed by atoms with E-state index >= 15 is 0 Å². The molecule has 0 aliphatic rings. The highest BCUT2D eigenvalue weighted by Crippen LogP contribution is 2.27. The number of esters is 1. The molecule has 0 bridgehead atoms. The monoisotopic (exact) mass is 399 g/mol. The van der Waals surface area contributed by atoms with Gasteiger partial charge in [0.25, 0.3) is 0 Å². The van der Waals surface area contributed by atoms with Crippen LogP contribution < -0.4 is 5.32 Å². The van der Waals surface area contributed by atoms with Gasteiger partial charge in [-0.05, 0) is 51.1 Å². The zero-order chi connectivity index (χ0) is 20.9. The van der Waals surface area contributed by atoms with Crippen LogP contribution in [0.2, 0.25) is 0 Å². The van der Waals surface area contributed by atoms with Crippen LogP contribution in [0.3, 0.4) is 0 Å². The maximum absolute atomic E-state index is 12.6. The van der Waals surface area contributed by atoms with Crippen LogP contribution in [-0.2, 0) is 15.7 Å². The fraction of sp³-hybridized carbons (Fsp3) is 0.389. The SMILES string of the molecule is CC(C)(C)OC(=O)NCCOC(=O)c1ccc(-n2ccc(C(F)(F)F)n2)cc1. The Morgan fingerprint density at radius 3 is 2.29 bits per heavy atom. The third-order valence-electron chi connectivity index (χ3n) is 3.25. The van der Waals surface area contributed by atoms with Crippen molar-refractivity contribution in [2.45, 2.75) is 32.5 Å². The van der Waals surface area contributed by atoms with Crippen molar-refractivity contribution in [3.05, 3.63) is 47.8 Å². The van der Waals surface area contributed by atoms with Crippen LogP contribution in [0.15, 0.2) is 36.5 Å². The Hall–Kier alpha value is -3.04. The minimum atomic E-state index is -4.53. The first kappa shape index (κ1) is 21.3. The van der Waals surface area contributed by atoms with Crippen molar-refractivity contribution < 1.29 is 32.2 Å². The van der Waals surface area contributed by atoms with E-state index in [4.69, 9.17) is 9.47 Å². The number of alkyl halides is 3. The molecule has 28 heavy (non-hydrogen) atoms. The van der Waals surface area contributed by atoms with E-state index in [1.807, 2.05) is 0 Å². The Morgan fingerprint density at radius 1 is 1.11 bits per heavy atom. The minimum Gasteiger partial charge on any atom is -0.460 e. The molecule has 1 heterocycles. The van der Waals surface area contributed by atoms with Crippen molar-refractivity contribution in [1.29, 1.82) is 0 Å². The lowest BCUT2D eigenvalue weighted by Crippen LogP contribution is -2.34. The molecule has 0 saturated heterocycles. The summed E-state index contributed by atoms with van der Waals surface area (Å²) in [6.07, 6.45) is -3.97. The van der Waals surface area contributed by atoms with Gasteiger partial charge in [-0.1, -0.05) is 0 Å². The Labute approximate surface area is 159 Å². The summed E-state index contributed by atoms with van der Waals surface area (Å²) >= 11 is 0. The minimum absolute atomic E-state index is 0.0616. The first-order valence-electron chi connectivity index (χ1n) is 8.33. The molecular formula is C18H20F3N3O4. The number of ether oxygens (including phenoxy) is 2. The van der Waals surface area contributed by atoms with Gasteiger partial charge in [-0.3, -0.25) is 0 Å². The Balaban J connectivity index is 1.85. The lowest BCUT2D eigenvalue weighted by atomic mass is 10.2. The number of benzene rings is 1. The van der Waals surface area contributed by atoms with Gasteiger partial charge in [-0.15, -0.1) is 0 Å². The van der Waals surface area contributed by atoms with Gasteiger partial charge in [0.2, 0.25) is 0 Å². The molecule has 0 aliphatic heterocycles. The molecule has 0 fully saturated rings. The molecule has 1 aromatic carbocycles. The molecule has 0 radical (unpaired) electrons. The predicted octanol–water partition coefficient (Wildman–Crippen LogP) is 3.57. The summed E-state index contributed by atoms with van der Waals surface area (Å²) in [6, 6.07) is 6.58. The average Bonchev–Trinajstić information content (AvgIpc) is 3.07. The molecule has 0 saturated carbocycles. The topological polar surface area (TPSA) is 82.5 Å². The standard InChI is InChI=1S/C18H20F3N3O4/c1-17(2,3)28-16(26)22-9-11-27-15(25)12-4-6-13(7-5-12)24-10-8-14(23-24)18(19,20)21/h4-8,10H,9,11H2,1-3H3,(H,22,26). The molecule has 0 spiro atoms. The van der Waals surface area contributed by atoms with E-state index in [1.165, 1.54) is 30.5 Å². The van der Waals surface area contributed by atoms with E-state index in [1.54, 1.807) is 20.8 Å². The molecule has 152 valence electrons. The first-order valence-corrected chi connectivity index (χ1v) is 8.33. The average molecular weight is 399 g/mol. The molecule has 1 aromatic heterocycles. The number of hydrogen-bond donors (Lipinski definition) is 1. The Kier molecular flexibility index (Phi) is 6.32. The molecule has 1 amide bonds. The molecule has 7 nitrogen and oxygen atoms in total. The number of halogens is 3. The number of hydrogen-bond acceptors (Lipinski definition) is 5. The van der Waals surface area contributed by atoms with E-state index < -0.39 is 29.5 Å². The van der Waals surface area contributed by atoms with Gasteiger partial charge in [-0.2, -0.15) is 18.3 Å². The predicted molar refractivity (Wildman–Crippen MR) is 93.1 cm³/mol. The van der Waals surface area contributed by atoms with Crippen LogP contribution in [0.5, 0.6) is 0 Å². The van der Waals surface area contributed by atoms with Gasteiger partial charge in [0.1, 0.15) is 12.2 Å². The van der Waals surface area contributed by atoms with Crippen molar-refractivity contribution in [3.63, 3.8) is 0 Å². The fourth-order valence-corrected chi connectivity index (χ4v) is 2.06.